The minimum atomic E-state index is -0.369. The molecule has 328 valence electrons. The third-order valence-corrected chi connectivity index (χ3v) is 16.0. The van der Waals surface area contributed by atoms with E-state index in [-0.39, 0.29) is 33.8 Å². The van der Waals surface area contributed by atoms with Gasteiger partial charge >= 0.3 is 0 Å². The molecule has 0 bridgehead atoms. The second-order valence-corrected chi connectivity index (χ2v) is 24.3. The van der Waals surface area contributed by atoms with E-state index in [1.54, 1.807) is 16.5 Å². The highest BCUT2D eigenvalue weighted by Gasteiger charge is 2.51. The number of anilines is 3. The third-order valence-electron chi connectivity index (χ3n) is 16.0. The molecule has 0 saturated heterocycles. The van der Waals surface area contributed by atoms with Gasteiger partial charge in [-0.3, -0.25) is 0 Å². The van der Waals surface area contributed by atoms with Gasteiger partial charge in [-0.25, -0.2) is 0 Å². The number of rotatable bonds is 5. The monoisotopic (exact) mass is 835 g/mol. The van der Waals surface area contributed by atoms with E-state index < -0.39 is 0 Å². The molecular weight excluding hydrogens is 759 g/mol. The van der Waals surface area contributed by atoms with Crippen LogP contribution in [0, 0.1) is 28.1 Å². The average Bonchev–Trinajstić information content (AvgIpc) is 3.25. The average molecular weight is 835 g/mol. The Labute approximate surface area is 382 Å². The van der Waals surface area contributed by atoms with Crippen LogP contribution in [0.25, 0.3) is 0 Å². The molecule has 0 spiro atoms. The van der Waals surface area contributed by atoms with Crippen LogP contribution in [0.3, 0.4) is 0 Å². The first-order chi connectivity index (χ1) is 29.7. The van der Waals surface area contributed by atoms with Gasteiger partial charge in [0.05, 0.1) is 0 Å². The molecule has 9 rings (SSSR count). The van der Waals surface area contributed by atoms with E-state index in [0.29, 0.717) is 17.9 Å². The molecule has 3 aromatic carbocycles. The van der Waals surface area contributed by atoms with E-state index in [1.165, 1.54) is 62.6 Å². The Morgan fingerprint density at radius 2 is 1.35 bits per heavy atom. The molecular formula is C60H75BN2. The van der Waals surface area contributed by atoms with Gasteiger partial charge in [0.2, 0.25) is 6.71 Å². The molecule has 3 heteroatoms. The second kappa shape index (κ2) is 15.6. The lowest BCUT2D eigenvalue weighted by molar-refractivity contribution is 0.260. The van der Waals surface area contributed by atoms with Crippen molar-refractivity contribution in [1.29, 1.82) is 0 Å². The van der Waals surface area contributed by atoms with Crippen molar-refractivity contribution in [3.05, 3.63) is 166 Å². The minimum Gasteiger partial charge on any atom is -0.336 e. The molecule has 2 heterocycles. The minimum absolute atomic E-state index is 0.0150. The van der Waals surface area contributed by atoms with Crippen LogP contribution < -0.4 is 15.3 Å². The summed E-state index contributed by atoms with van der Waals surface area (Å²) in [6.45, 7) is 31.7. The zero-order valence-corrected chi connectivity index (χ0v) is 41.1. The Hall–Kier alpha value is -4.50. The van der Waals surface area contributed by atoms with E-state index in [1.807, 2.05) is 0 Å². The van der Waals surface area contributed by atoms with Gasteiger partial charge in [0, 0.05) is 39.9 Å². The van der Waals surface area contributed by atoms with Crippen LogP contribution in [-0.4, -0.2) is 12.8 Å². The molecule has 6 aliphatic rings. The molecule has 2 aliphatic heterocycles. The Balaban J connectivity index is 1.41. The van der Waals surface area contributed by atoms with Crippen molar-refractivity contribution in [3.63, 3.8) is 0 Å². The molecule has 0 fully saturated rings. The molecule has 0 N–H and O–H groups in total. The summed E-state index contributed by atoms with van der Waals surface area (Å²) < 4.78 is 0. The van der Waals surface area contributed by atoms with Gasteiger partial charge in [-0.2, -0.15) is 0 Å². The fourth-order valence-corrected chi connectivity index (χ4v) is 11.8. The number of allylic oxidation sites excluding steroid dienone is 11. The van der Waals surface area contributed by atoms with Gasteiger partial charge in [0.15, 0.2) is 0 Å². The van der Waals surface area contributed by atoms with Crippen LogP contribution in [0.15, 0.2) is 149 Å². The van der Waals surface area contributed by atoms with Crippen LogP contribution in [0.2, 0.25) is 0 Å². The van der Waals surface area contributed by atoms with Gasteiger partial charge in [-0.15, -0.1) is 0 Å². The van der Waals surface area contributed by atoms with E-state index in [9.17, 15) is 0 Å². The molecule has 0 radical (unpaired) electrons. The molecule has 4 unspecified atom stereocenters. The molecule has 0 amide bonds. The van der Waals surface area contributed by atoms with Gasteiger partial charge in [0.25, 0.3) is 0 Å². The summed E-state index contributed by atoms with van der Waals surface area (Å²) in [5, 5.41) is 0. The van der Waals surface area contributed by atoms with Crippen LogP contribution >= 0.6 is 0 Å². The van der Waals surface area contributed by atoms with E-state index >= 15 is 0 Å². The lowest BCUT2D eigenvalue weighted by Gasteiger charge is -2.53. The summed E-state index contributed by atoms with van der Waals surface area (Å²) in [7, 11) is 0. The smallest absolute Gasteiger partial charge is 0.242 e. The fraction of sp³-hybridized carbons (Fsp3) is 0.467. The summed E-state index contributed by atoms with van der Waals surface area (Å²) in [6, 6.07) is 26.5. The largest absolute Gasteiger partial charge is 0.336 e. The number of nitrogens with zero attached hydrogens (tertiary/aromatic N) is 2. The van der Waals surface area contributed by atoms with Gasteiger partial charge in [-0.05, 0) is 150 Å². The molecule has 3 aromatic rings. The van der Waals surface area contributed by atoms with Crippen molar-refractivity contribution in [3.8, 4) is 0 Å². The zero-order chi connectivity index (χ0) is 44.9. The first-order valence-electron chi connectivity index (χ1n) is 24.5. The Kier molecular flexibility index (Phi) is 10.8. The lowest BCUT2D eigenvalue weighted by Crippen LogP contribution is -2.58. The first kappa shape index (κ1) is 43.7. The summed E-state index contributed by atoms with van der Waals surface area (Å²) in [4.78, 5) is 5.58. The summed E-state index contributed by atoms with van der Waals surface area (Å²) in [5.74, 6) is 1.04. The standard InChI is InChI=1S/C60H75BN2/c1-56(2,3)40-27-31-47(32-28-40)62-51-34-30-44(58(7,8)9)36-50(51)61-49-33-29-45(59(10,11)12)37-52(49)63(48-26-20-25-43(35-48)57(4,5)6)54-39-46(38-53(62)55(54)61)60(13,41-21-16-14-17-22-41)42-23-18-15-19-24-42/h14,16-18,20-27,31-32,35-40,44,51H,15,19,28-30,33-34H2,1-13H3. The molecule has 4 aliphatic carbocycles. The Morgan fingerprint density at radius 3 is 1.98 bits per heavy atom. The predicted molar refractivity (Wildman–Crippen MR) is 274 cm³/mol. The van der Waals surface area contributed by atoms with Crippen molar-refractivity contribution in [2.45, 2.75) is 152 Å². The first-order valence-corrected chi connectivity index (χ1v) is 24.5. The third kappa shape index (κ3) is 7.72. The van der Waals surface area contributed by atoms with Gasteiger partial charge in [0.1, 0.15) is 0 Å². The second-order valence-electron chi connectivity index (χ2n) is 24.3. The highest BCUT2D eigenvalue weighted by Crippen LogP contribution is 2.54. The van der Waals surface area contributed by atoms with Crippen molar-refractivity contribution in [2.75, 3.05) is 9.80 Å². The van der Waals surface area contributed by atoms with Crippen LogP contribution in [0.5, 0.6) is 0 Å². The molecule has 0 saturated carbocycles. The van der Waals surface area contributed by atoms with Crippen molar-refractivity contribution >= 4 is 29.2 Å². The zero-order valence-electron chi connectivity index (χ0n) is 41.1. The molecule has 2 nitrogen and oxygen atoms in total. The van der Waals surface area contributed by atoms with E-state index in [2.05, 4.69) is 215 Å². The molecule has 63 heavy (non-hydrogen) atoms. The molecule has 4 atom stereocenters. The quantitative estimate of drug-likeness (QED) is 0.236. The highest BCUT2D eigenvalue weighted by molar-refractivity contribution is 6.89. The Morgan fingerprint density at radius 1 is 0.635 bits per heavy atom. The van der Waals surface area contributed by atoms with Gasteiger partial charge in [-0.1, -0.05) is 179 Å². The number of hydrogen-bond donors (Lipinski definition) is 0. The van der Waals surface area contributed by atoms with Crippen LogP contribution in [0.1, 0.15) is 152 Å². The maximum atomic E-state index is 2.85. The summed E-state index contributed by atoms with van der Waals surface area (Å²) in [6.07, 6.45) is 28.2. The lowest BCUT2D eigenvalue weighted by atomic mass is 9.29. The topological polar surface area (TPSA) is 6.48 Å². The molecule has 0 aromatic heterocycles. The van der Waals surface area contributed by atoms with Crippen molar-refractivity contribution < 1.29 is 0 Å². The maximum absolute atomic E-state index is 2.85. The predicted octanol–water partition coefficient (Wildman–Crippen LogP) is 15.6. The number of fused-ring (bicyclic) bond motifs is 3. The number of benzene rings is 3. The van der Waals surface area contributed by atoms with Crippen molar-refractivity contribution in [1.82, 2.24) is 0 Å². The summed E-state index contributed by atoms with van der Waals surface area (Å²) in [5.41, 5.74) is 18.7. The van der Waals surface area contributed by atoms with Crippen LogP contribution in [-0.2, 0) is 10.8 Å². The maximum Gasteiger partial charge on any atom is 0.242 e. The highest BCUT2D eigenvalue weighted by atomic mass is 15.2. The normalized spacial score (nSPS) is 23.6. The fourth-order valence-electron chi connectivity index (χ4n) is 11.8. The van der Waals surface area contributed by atoms with E-state index in [4.69, 9.17) is 0 Å². The Bertz CT molecular complexity index is 2510. The summed E-state index contributed by atoms with van der Waals surface area (Å²) >= 11 is 0. The van der Waals surface area contributed by atoms with Gasteiger partial charge < -0.3 is 9.80 Å². The van der Waals surface area contributed by atoms with Crippen LogP contribution in [0.4, 0.5) is 17.1 Å². The SMILES string of the molecule is CC(C)(C)C1=CC2=C(CC1)B1C3=CC(C(C)(C)C)CCC3N(C3=CCC(C(C)(C)C)C=C3)c3cc(C(C)(C4=CCCC=C4)c4ccccc4)cc(c31)N2c1cccc(C(C)(C)C)c1. The van der Waals surface area contributed by atoms with Crippen molar-refractivity contribution in [2.24, 2.45) is 28.1 Å². The van der Waals surface area contributed by atoms with E-state index in [0.717, 1.165) is 38.5 Å². The number of hydrogen-bond acceptors (Lipinski definition) is 2.